The van der Waals surface area contributed by atoms with Crippen LogP contribution in [0.5, 0.6) is 0 Å². The molecule has 2 fully saturated rings. The summed E-state index contributed by atoms with van der Waals surface area (Å²) in [5.74, 6) is 2.91. The minimum atomic E-state index is 0.366. The number of halogens is 1. The highest BCUT2D eigenvalue weighted by atomic mass is 35.5. The van der Waals surface area contributed by atoms with Gasteiger partial charge in [0.15, 0.2) is 0 Å². The molecule has 4 nitrogen and oxygen atoms in total. The Morgan fingerprint density at radius 3 is 2.50 bits per heavy atom. The summed E-state index contributed by atoms with van der Waals surface area (Å²) in [7, 11) is 0. The van der Waals surface area contributed by atoms with Crippen molar-refractivity contribution < 1.29 is 5.11 Å². The van der Waals surface area contributed by atoms with Gasteiger partial charge in [-0.15, -0.1) is 0 Å². The van der Waals surface area contributed by atoms with Crippen molar-refractivity contribution in [3.63, 3.8) is 0 Å². The Hall–Kier alpha value is -0.870. The summed E-state index contributed by atoms with van der Waals surface area (Å²) in [4.78, 5) is 10.7. The average Bonchev–Trinajstić information content (AvgIpc) is 3.19. The van der Waals surface area contributed by atoms with Crippen molar-refractivity contribution in [1.29, 1.82) is 0 Å². The molecule has 1 N–H and O–H groups in total. The predicted octanol–water partition coefficient (Wildman–Crippen LogP) is 1.97. The van der Waals surface area contributed by atoms with Gasteiger partial charge in [0.05, 0.1) is 17.4 Å². The molecule has 0 bridgehead atoms. The van der Waals surface area contributed by atoms with Gasteiger partial charge in [0.25, 0.3) is 0 Å². The van der Waals surface area contributed by atoms with Crippen LogP contribution in [0.2, 0.25) is 5.02 Å². The smallest absolute Gasteiger partial charge is 0.225 e. The van der Waals surface area contributed by atoms with E-state index in [-0.39, 0.29) is 0 Å². The lowest BCUT2D eigenvalue weighted by atomic mass is 9.91. The number of hydrogen-bond donors (Lipinski definition) is 1. The fraction of sp³-hybridized carbons (Fsp3) is 0.692. The van der Waals surface area contributed by atoms with E-state index in [1.54, 1.807) is 12.4 Å². The van der Waals surface area contributed by atoms with E-state index in [1.807, 2.05) is 0 Å². The second-order valence-electron chi connectivity index (χ2n) is 5.37. The molecule has 1 aromatic rings. The van der Waals surface area contributed by atoms with Crippen LogP contribution in [-0.4, -0.2) is 34.8 Å². The molecule has 18 heavy (non-hydrogen) atoms. The number of piperidine rings is 1. The van der Waals surface area contributed by atoms with Crippen LogP contribution in [0, 0.1) is 17.8 Å². The van der Waals surface area contributed by atoms with Crippen LogP contribution in [0.25, 0.3) is 0 Å². The third kappa shape index (κ3) is 2.45. The highest BCUT2D eigenvalue weighted by Crippen LogP contribution is 2.47. The molecule has 2 heterocycles. The Balaban J connectivity index is 1.55. The number of anilines is 1. The molecule has 1 saturated carbocycles. The van der Waals surface area contributed by atoms with Gasteiger partial charge in [-0.25, -0.2) is 9.97 Å². The van der Waals surface area contributed by atoms with E-state index in [4.69, 9.17) is 16.7 Å². The molecule has 0 radical (unpaired) electrons. The monoisotopic (exact) mass is 267 g/mol. The lowest BCUT2D eigenvalue weighted by Crippen LogP contribution is -2.35. The molecule has 2 unspecified atom stereocenters. The first kappa shape index (κ1) is 12.2. The molecular formula is C13H18ClN3O. The molecule has 5 heteroatoms. The summed E-state index contributed by atoms with van der Waals surface area (Å²) in [5, 5.41) is 9.70. The molecule has 3 rings (SSSR count). The number of rotatable bonds is 3. The Bertz CT molecular complexity index is 403. The average molecular weight is 268 g/mol. The number of nitrogens with zero attached hydrogens (tertiary/aromatic N) is 3. The molecule has 1 saturated heterocycles. The Labute approximate surface area is 112 Å². The highest BCUT2D eigenvalue weighted by Gasteiger charge is 2.43. The maximum absolute atomic E-state index is 9.12. The third-order valence-corrected chi connectivity index (χ3v) is 4.44. The Morgan fingerprint density at radius 2 is 1.94 bits per heavy atom. The van der Waals surface area contributed by atoms with Gasteiger partial charge in [-0.05, 0) is 37.0 Å². The molecular weight excluding hydrogens is 250 g/mol. The van der Waals surface area contributed by atoms with E-state index in [9.17, 15) is 0 Å². The standard InChI is InChI=1S/C13H18ClN3O/c14-11-6-15-13(16-7-11)17-3-1-9(2-4-17)12-5-10(12)8-18/h6-7,9-10,12,18H,1-5,8H2. The zero-order valence-corrected chi connectivity index (χ0v) is 11.1. The van der Waals surface area contributed by atoms with Gasteiger partial charge in [-0.2, -0.15) is 0 Å². The van der Waals surface area contributed by atoms with Gasteiger partial charge in [0.2, 0.25) is 5.95 Å². The largest absolute Gasteiger partial charge is 0.396 e. The first-order valence-corrected chi connectivity index (χ1v) is 6.99. The molecule has 0 amide bonds. The SMILES string of the molecule is OCC1CC1C1CCN(c2ncc(Cl)cn2)CC1. The van der Waals surface area contributed by atoms with Gasteiger partial charge in [0.1, 0.15) is 0 Å². The lowest BCUT2D eigenvalue weighted by Gasteiger charge is -2.32. The van der Waals surface area contributed by atoms with Crippen LogP contribution < -0.4 is 4.90 Å². The van der Waals surface area contributed by atoms with Crippen LogP contribution in [0.1, 0.15) is 19.3 Å². The maximum Gasteiger partial charge on any atom is 0.225 e. The molecule has 0 aromatic carbocycles. The summed E-state index contributed by atoms with van der Waals surface area (Å²) >= 11 is 5.79. The van der Waals surface area contributed by atoms with Crippen molar-refractivity contribution in [1.82, 2.24) is 9.97 Å². The van der Waals surface area contributed by atoms with Gasteiger partial charge < -0.3 is 10.0 Å². The third-order valence-electron chi connectivity index (χ3n) is 4.25. The summed E-state index contributed by atoms with van der Waals surface area (Å²) in [6, 6.07) is 0. The van der Waals surface area contributed by atoms with E-state index in [1.165, 1.54) is 19.3 Å². The number of aromatic nitrogens is 2. The van der Waals surface area contributed by atoms with Crippen LogP contribution in [0.4, 0.5) is 5.95 Å². The first-order valence-electron chi connectivity index (χ1n) is 6.61. The van der Waals surface area contributed by atoms with E-state index < -0.39 is 0 Å². The first-order chi connectivity index (χ1) is 8.78. The van der Waals surface area contributed by atoms with Crippen molar-refractivity contribution in [3.8, 4) is 0 Å². The second-order valence-corrected chi connectivity index (χ2v) is 5.80. The fourth-order valence-corrected chi connectivity index (χ4v) is 3.15. The van der Waals surface area contributed by atoms with Gasteiger partial charge in [-0.3, -0.25) is 0 Å². The summed E-state index contributed by atoms with van der Waals surface area (Å²) in [5.41, 5.74) is 0. The topological polar surface area (TPSA) is 49.2 Å². The molecule has 0 spiro atoms. The number of hydrogen-bond acceptors (Lipinski definition) is 4. The van der Waals surface area contributed by atoms with Crippen LogP contribution >= 0.6 is 11.6 Å². The highest BCUT2D eigenvalue weighted by molar-refractivity contribution is 6.30. The van der Waals surface area contributed by atoms with E-state index in [2.05, 4.69) is 14.9 Å². The molecule has 2 aliphatic rings. The molecule has 1 aliphatic heterocycles. The predicted molar refractivity (Wildman–Crippen MR) is 70.7 cm³/mol. The van der Waals surface area contributed by atoms with Crippen LogP contribution in [0.15, 0.2) is 12.4 Å². The van der Waals surface area contributed by atoms with E-state index in [0.29, 0.717) is 17.5 Å². The maximum atomic E-state index is 9.12. The zero-order valence-electron chi connectivity index (χ0n) is 10.3. The normalized spacial score (nSPS) is 28.4. The quantitative estimate of drug-likeness (QED) is 0.910. The summed E-state index contributed by atoms with van der Waals surface area (Å²) < 4.78 is 0. The van der Waals surface area contributed by atoms with Crippen molar-refractivity contribution in [3.05, 3.63) is 17.4 Å². The minimum absolute atomic E-state index is 0.366. The summed E-state index contributed by atoms with van der Waals surface area (Å²) in [6.45, 7) is 2.40. The Kier molecular flexibility index (Phi) is 3.39. The molecule has 1 aliphatic carbocycles. The van der Waals surface area contributed by atoms with Crippen molar-refractivity contribution in [2.45, 2.75) is 19.3 Å². The summed E-state index contributed by atoms with van der Waals surface area (Å²) in [6.07, 6.45) is 6.90. The van der Waals surface area contributed by atoms with Crippen molar-refractivity contribution >= 4 is 17.5 Å². The second kappa shape index (κ2) is 5.02. The van der Waals surface area contributed by atoms with Crippen molar-refractivity contribution in [2.24, 2.45) is 17.8 Å². The van der Waals surface area contributed by atoms with Gasteiger partial charge >= 0.3 is 0 Å². The zero-order chi connectivity index (χ0) is 12.5. The van der Waals surface area contributed by atoms with E-state index >= 15 is 0 Å². The molecule has 2 atom stereocenters. The van der Waals surface area contributed by atoms with Crippen LogP contribution in [0.3, 0.4) is 0 Å². The van der Waals surface area contributed by atoms with Crippen LogP contribution in [-0.2, 0) is 0 Å². The number of aliphatic hydroxyl groups excluding tert-OH is 1. The van der Waals surface area contributed by atoms with Gasteiger partial charge in [-0.1, -0.05) is 11.6 Å². The van der Waals surface area contributed by atoms with Crippen molar-refractivity contribution in [2.75, 3.05) is 24.6 Å². The lowest BCUT2D eigenvalue weighted by molar-refractivity contribution is 0.248. The van der Waals surface area contributed by atoms with E-state index in [0.717, 1.165) is 30.9 Å². The minimum Gasteiger partial charge on any atom is -0.396 e. The van der Waals surface area contributed by atoms with Gasteiger partial charge in [0, 0.05) is 19.7 Å². The molecule has 98 valence electrons. The number of aliphatic hydroxyl groups is 1. The fourth-order valence-electron chi connectivity index (χ4n) is 3.05. The Morgan fingerprint density at radius 1 is 1.28 bits per heavy atom. The molecule has 1 aromatic heterocycles.